The smallest absolute Gasteiger partial charge is 0.338 e. The van der Waals surface area contributed by atoms with Gasteiger partial charge in [0.05, 0.1) is 0 Å². The van der Waals surface area contributed by atoms with Crippen LogP contribution in [-0.2, 0) is 4.79 Å². The molecule has 1 aliphatic rings. The highest BCUT2D eigenvalue weighted by Crippen LogP contribution is 2.41. The zero-order valence-electron chi connectivity index (χ0n) is 10.1. The van der Waals surface area contributed by atoms with Crippen LogP contribution in [0.3, 0.4) is 0 Å². The molecule has 1 atom stereocenters. The van der Waals surface area contributed by atoms with Crippen molar-refractivity contribution in [1.29, 1.82) is 0 Å². The molecule has 0 aliphatic carbocycles. The Morgan fingerprint density at radius 1 is 1.26 bits per heavy atom. The molecule has 1 saturated heterocycles. The summed E-state index contributed by atoms with van der Waals surface area (Å²) in [5.41, 5.74) is 0. The molecule has 0 aromatic heterocycles. The zero-order chi connectivity index (χ0) is 14.8. The van der Waals surface area contributed by atoms with Crippen LogP contribution in [0.15, 0.2) is 0 Å². The van der Waals surface area contributed by atoms with Crippen LogP contribution in [0.2, 0.25) is 0 Å². The summed E-state index contributed by atoms with van der Waals surface area (Å²) in [6.45, 7) is 0.0992. The second-order valence-electron chi connectivity index (χ2n) is 4.40. The number of likely N-dealkylation sites (tertiary alicyclic amines) is 1. The predicted molar refractivity (Wildman–Crippen MR) is 54.3 cm³/mol. The van der Waals surface area contributed by atoms with Crippen molar-refractivity contribution in [2.75, 3.05) is 20.1 Å². The number of carbonyl (C=O) groups excluding carboxylic acids is 1. The average molecular weight is 292 g/mol. The van der Waals surface area contributed by atoms with Gasteiger partial charge < -0.3 is 10.2 Å². The van der Waals surface area contributed by atoms with Crippen LogP contribution in [0.1, 0.15) is 12.8 Å². The molecule has 19 heavy (non-hydrogen) atoms. The van der Waals surface area contributed by atoms with Gasteiger partial charge in [0.2, 0.25) is 11.8 Å². The maximum atomic E-state index is 12.4. The standard InChI is InChI=1S/C10H14F6N2O/c1-17-5-6-3-2-4-18(6)8(19)7(9(11,12)13)10(14,15)16/h6-7,17H,2-5H2,1H3. The average Bonchev–Trinajstić information content (AvgIpc) is 2.61. The van der Waals surface area contributed by atoms with Crippen LogP contribution in [0.4, 0.5) is 26.3 Å². The van der Waals surface area contributed by atoms with E-state index in [1.165, 1.54) is 7.05 Å². The summed E-state index contributed by atoms with van der Waals surface area (Å²) in [6, 6.07) is -0.621. The van der Waals surface area contributed by atoms with Crippen LogP contribution < -0.4 is 5.32 Å². The van der Waals surface area contributed by atoms with Crippen molar-refractivity contribution in [1.82, 2.24) is 10.2 Å². The Morgan fingerprint density at radius 2 is 1.79 bits per heavy atom. The van der Waals surface area contributed by atoms with Crippen molar-refractivity contribution in [2.24, 2.45) is 5.92 Å². The lowest BCUT2D eigenvalue weighted by molar-refractivity contribution is -0.277. The van der Waals surface area contributed by atoms with Crippen LogP contribution in [-0.4, -0.2) is 49.3 Å². The second-order valence-corrected chi connectivity index (χ2v) is 4.40. The van der Waals surface area contributed by atoms with Gasteiger partial charge in [-0.15, -0.1) is 0 Å². The van der Waals surface area contributed by atoms with Crippen molar-refractivity contribution in [3.8, 4) is 0 Å². The van der Waals surface area contributed by atoms with Gasteiger partial charge in [0.1, 0.15) is 0 Å². The zero-order valence-corrected chi connectivity index (χ0v) is 10.1. The largest absolute Gasteiger partial charge is 0.409 e. The van der Waals surface area contributed by atoms with Gasteiger partial charge in [0.15, 0.2) is 0 Å². The number of likely N-dealkylation sites (N-methyl/N-ethyl adjacent to an activating group) is 1. The summed E-state index contributed by atoms with van der Waals surface area (Å²) in [4.78, 5) is 12.3. The van der Waals surface area contributed by atoms with Crippen LogP contribution >= 0.6 is 0 Å². The Balaban J connectivity index is 2.94. The Labute approximate surface area is 105 Å². The van der Waals surface area contributed by atoms with E-state index in [0.29, 0.717) is 17.7 Å². The van der Waals surface area contributed by atoms with Crippen LogP contribution in [0, 0.1) is 5.92 Å². The van der Waals surface area contributed by atoms with Gasteiger partial charge in [-0.3, -0.25) is 4.79 Å². The Morgan fingerprint density at radius 3 is 2.21 bits per heavy atom. The molecular formula is C10H14F6N2O. The third-order valence-electron chi connectivity index (χ3n) is 3.00. The molecule has 0 spiro atoms. The fraction of sp³-hybridized carbons (Fsp3) is 0.900. The molecule has 1 fully saturated rings. The minimum Gasteiger partial charge on any atom is -0.338 e. The monoisotopic (exact) mass is 292 g/mol. The van der Waals surface area contributed by atoms with Crippen molar-refractivity contribution in [2.45, 2.75) is 31.2 Å². The first kappa shape index (κ1) is 16.1. The Kier molecular flexibility index (Phi) is 4.70. The molecule has 3 nitrogen and oxygen atoms in total. The van der Waals surface area contributed by atoms with Crippen molar-refractivity contribution in [3.05, 3.63) is 0 Å². The van der Waals surface area contributed by atoms with E-state index in [9.17, 15) is 31.1 Å². The van der Waals surface area contributed by atoms with Gasteiger partial charge in [-0.05, 0) is 19.9 Å². The number of hydrogen-bond donors (Lipinski definition) is 1. The molecule has 1 amide bonds. The van der Waals surface area contributed by atoms with E-state index < -0.39 is 30.2 Å². The molecule has 0 radical (unpaired) electrons. The number of carbonyl (C=O) groups is 1. The second kappa shape index (κ2) is 5.56. The maximum absolute atomic E-state index is 12.4. The number of nitrogens with zero attached hydrogens (tertiary/aromatic N) is 1. The molecular weight excluding hydrogens is 278 g/mol. The number of nitrogens with one attached hydrogen (secondary N) is 1. The number of hydrogen-bond acceptors (Lipinski definition) is 2. The SMILES string of the molecule is CNCC1CCCN1C(=O)C(C(F)(F)F)C(F)(F)F. The Hall–Kier alpha value is -0.990. The first-order valence-electron chi connectivity index (χ1n) is 5.67. The molecule has 0 aromatic carbocycles. The minimum atomic E-state index is -5.62. The molecule has 1 N–H and O–H groups in total. The highest BCUT2D eigenvalue weighted by atomic mass is 19.4. The normalized spacial score (nSPS) is 21.3. The lowest BCUT2D eigenvalue weighted by Crippen LogP contribution is -2.52. The quantitative estimate of drug-likeness (QED) is 0.806. The fourth-order valence-electron chi connectivity index (χ4n) is 2.21. The van der Waals surface area contributed by atoms with E-state index in [2.05, 4.69) is 5.32 Å². The minimum absolute atomic E-state index is 0.0756. The lowest BCUT2D eigenvalue weighted by atomic mass is 10.1. The molecule has 0 saturated carbocycles. The molecule has 1 heterocycles. The summed E-state index contributed by atoms with van der Waals surface area (Å²) >= 11 is 0. The lowest BCUT2D eigenvalue weighted by Gasteiger charge is -2.30. The molecule has 1 rings (SSSR count). The molecule has 112 valence electrons. The third kappa shape index (κ3) is 3.74. The van der Waals surface area contributed by atoms with E-state index in [-0.39, 0.29) is 13.1 Å². The van der Waals surface area contributed by atoms with E-state index in [1.807, 2.05) is 0 Å². The summed E-state index contributed by atoms with van der Waals surface area (Å²) in [5, 5.41) is 2.65. The maximum Gasteiger partial charge on any atom is 0.409 e. The number of amides is 1. The van der Waals surface area contributed by atoms with Crippen molar-refractivity contribution >= 4 is 5.91 Å². The van der Waals surface area contributed by atoms with Gasteiger partial charge in [0.25, 0.3) is 0 Å². The van der Waals surface area contributed by atoms with E-state index >= 15 is 0 Å². The molecule has 0 bridgehead atoms. The van der Waals surface area contributed by atoms with E-state index in [4.69, 9.17) is 0 Å². The number of rotatable bonds is 3. The van der Waals surface area contributed by atoms with Gasteiger partial charge in [0, 0.05) is 19.1 Å². The first-order chi connectivity index (χ1) is 8.59. The van der Waals surface area contributed by atoms with Crippen LogP contribution in [0.5, 0.6) is 0 Å². The van der Waals surface area contributed by atoms with Gasteiger partial charge in [-0.25, -0.2) is 0 Å². The highest BCUT2D eigenvalue weighted by Gasteiger charge is 2.62. The number of alkyl halides is 6. The Bertz CT molecular complexity index is 313. The van der Waals surface area contributed by atoms with Gasteiger partial charge in [-0.1, -0.05) is 0 Å². The summed E-state index contributed by atoms with van der Waals surface area (Å²) in [5.74, 6) is -5.84. The predicted octanol–water partition coefficient (Wildman–Crippen LogP) is 1.94. The molecule has 0 aromatic rings. The van der Waals surface area contributed by atoms with Crippen LogP contribution in [0.25, 0.3) is 0 Å². The van der Waals surface area contributed by atoms with E-state index in [1.54, 1.807) is 0 Å². The first-order valence-corrected chi connectivity index (χ1v) is 5.67. The fourth-order valence-corrected chi connectivity index (χ4v) is 2.21. The third-order valence-corrected chi connectivity index (χ3v) is 3.00. The highest BCUT2D eigenvalue weighted by molar-refractivity contribution is 5.81. The number of halogens is 6. The summed E-state index contributed by atoms with van der Waals surface area (Å²) in [7, 11) is 1.52. The summed E-state index contributed by atoms with van der Waals surface area (Å²) < 4.78 is 74.7. The van der Waals surface area contributed by atoms with Crippen molar-refractivity contribution in [3.63, 3.8) is 0 Å². The summed E-state index contributed by atoms with van der Waals surface area (Å²) in [6.07, 6.45) is -10.4. The molecule has 9 heteroatoms. The topological polar surface area (TPSA) is 32.3 Å². The molecule has 1 aliphatic heterocycles. The van der Waals surface area contributed by atoms with Gasteiger partial charge >= 0.3 is 12.4 Å². The van der Waals surface area contributed by atoms with Gasteiger partial charge in [-0.2, -0.15) is 26.3 Å². The van der Waals surface area contributed by atoms with Crippen molar-refractivity contribution < 1.29 is 31.1 Å². The molecule has 1 unspecified atom stereocenters. The van der Waals surface area contributed by atoms with E-state index in [0.717, 1.165) is 0 Å².